The number of aliphatic hydroxyl groups is 1. The van der Waals surface area contributed by atoms with E-state index in [9.17, 15) is 19.8 Å². The van der Waals surface area contributed by atoms with E-state index in [-0.39, 0.29) is 17.9 Å². The summed E-state index contributed by atoms with van der Waals surface area (Å²) >= 11 is 0. The SMILES string of the molecule is Cc1ncc(CO)c(/C=N/N2C(=O)N[C@@](C)(c3ccccc3)C2=O)c1O. The van der Waals surface area contributed by atoms with E-state index < -0.39 is 17.5 Å². The Balaban J connectivity index is 1.95. The van der Waals surface area contributed by atoms with Gasteiger partial charge in [-0.2, -0.15) is 5.10 Å². The predicted molar refractivity (Wildman–Crippen MR) is 93.3 cm³/mol. The van der Waals surface area contributed by atoms with Gasteiger partial charge in [-0.1, -0.05) is 30.3 Å². The number of nitrogens with one attached hydrogen (secondary N) is 1. The molecule has 1 aromatic heterocycles. The Bertz CT molecular complexity index is 898. The van der Waals surface area contributed by atoms with Gasteiger partial charge >= 0.3 is 6.03 Å². The van der Waals surface area contributed by atoms with Gasteiger partial charge < -0.3 is 15.5 Å². The first kappa shape index (κ1) is 17.6. The zero-order valence-corrected chi connectivity index (χ0v) is 14.3. The zero-order chi connectivity index (χ0) is 18.9. The third kappa shape index (κ3) is 2.80. The number of aromatic hydroxyl groups is 1. The van der Waals surface area contributed by atoms with Crippen LogP contribution in [0.3, 0.4) is 0 Å². The predicted octanol–water partition coefficient (Wildman–Crippen LogP) is 1.39. The van der Waals surface area contributed by atoms with Crippen molar-refractivity contribution >= 4 is 18.2 Å². The summed E-state index contributed by atoms with van der Waals surface area (Å²) < 4.78 is 0. The molecule has 3 amide bonds. The van der Waals surface area contributed by atoms with E-state index in [4.69, 9.17) is 0 Å². The van der Waals surface area contributed by atoms with Crippen molar-refractivity contribution in [3.05, 3.63) is 58.9 Å². The molecule has 134 valence electrons. The molecule has 0 saturated carbocycles. The molecule has 0 spiro atoms. The van der Waals surface area contributed by atoms with Gasteiger partial charge in [0.05, 0.1) is 18.5 Å². The number of nitrogens with zero attached hydrogens (tertiary/aromatic N) is 3. The molecule has 2 heterocycles. The van der Waals surface area contributed by atoms with Crippen molar-refractivity contribution in [3.63, 3.8) is 0 Å². The number of rotatable bonds is 4. The summed E-state index contributed by atoms with van der Waals surface area (Å²) in [5.41, 5.74) is 0.277. The maximum atomic E-state index is 12.8. The third-order valence-corrected chi connectivity index (χ3v) is 4.35. The van der Waals surface area contributed by atoms with Crippen molar-refractivity contribution in [2.75, 3.05) is 0 Å². The molecule has 1 aliphatic heterocycles. The molecule has 8 heteroatoms. The molecule has 1 aliphatic rings. The van der Waals surface area contributed by atoms with Crippen molar-refractivity contribution in [1.82, 2.24) is 15.3 Å². The molecule has 3 N–H and O–H groups in total. The molecule has 8 nitrogen and oxygen atoms in total. The molecule has 0 aliphatic carbocycles. The van der Waals surface area contributed by atoms with Gasteiger partial charge in [-0.3, -0.25) is 9.78 Å². The average Bonchev–Trinajstić information content (AvgIpc) is 2.87. The smallest absolute Gasteiger partial charge is 0.346 e. The van der Waals surface area contributed by atoms with Gasteiger partial charge in [0.2, 0.25) is 0 Å². The molecule has 2 aromatic rings. The number of aliphatic hydroxyl groups excluding tert-OH is 1. The molecule has 26 heavy (non-hydrogen) atoms. The fourth-order valence-corrected chi connectivity index (χ4v) is 2.73. The van der Waals surface area contributed by atoms with Crippen molar-refractivity contribution < 1.29 is 19.8 Å². The Labute approximate surface area is 149 Å². The molecule has 1 atom stereocenters. The van der Waals surface area contributed by atoms with Crippen molar-refractivity contribution in [1.29, 1.82) is 0 Å². The normalized spacial score (nSPS) is 20.0. The lowest BCUT2D eigenvalue weighted by molar-refractivity contribution is -0.131. The lowest BCUT2D eigenvalue weighted by atomic mass is 9.92. The number of carbonyl (C=O) groups excluding carboxylic acids is 2. The van der Waals surface area contributed by atoms with Crippen LogP contribution >= 0.6 is 0 Å². The minimum absolute atomic E-state index is 0.168. The van der Waals surface area contributed by atoms with Crippen LogP contribution in [0.25, 0.3) is 0 Å². The highest BCUT2D eigenvalue weighted by molar-refractivity contribution is 6.07. The van der Waals surface area contributed by atoms with Gasteiger partial charge in [-0.15, -0.1) is 5.01 Å². The summed E-state index contributed by atoms with van der Waals surface area (Å²) in [7, 11) is 0. The van der Waals surface area contributed by atoms with Crippen LogP contribution in [0.1, 0.15) is 29.3 Å². The Kier molecular flexibility index (Phi) is 4.43. The first-order chi connectivity index (χ1) is 12.4. The number of benzene rings is 1. The van der Waals surface area contributed by atoms with Crippen LogP contribution < -0.4 is 5.32 Å². The van der Waals surface area contributed by atoms with Crippen molar-refractivity contribution in [3.8, 4) is 5.75 Å². The van der Waals surface area contributed by atoms with E-state index in [1.54, 1.807) is 38.1 Å². The van der Waals surface area contributed by atoms with Crippen LogP contribution in [0.4, 0.5) is 4.79 Å². The first-order valence-electron chi connectivity index (χ1n) is 7.93. The van der Waals surface area contributed by atoms with Crippen LogP contribution in [0, 0.1) is 6.92 Å². The van der Waals surface area contributed by atoms with E-state index in [2.05, 4.69) is 15.4 Å². The highest BCUT2D eigenvalue weighted by atomic mass is 16.3. The number of imide groups is 1. The van der Waals surface area contributed by atoms with Crippen LogP contribution in [-0.4, -0.2) is 38.4 Å². The van der Waals surface area contributed by atoms with Gasteiger partial charge in [0.1, 0.15) is 11.3 Å². The summed E-state index contributed by atoms with van der Waals surface area (Å²) in [5.74, 6) is -0.709. The Morgan fingerprint density at radius 3 is 2.65 bits per heavy atom. The second kappa shape index (κ2) is 6.57. The molecule has 3 rings (SSSR count). The minimum Gasteiger partial charge on any atom is -0.505 e. The summed E-state index contributed by atoms with van der Waals surface area (Å²) in [6.45, 7) is 2.82. The van der Waals surface area contributed by atoms with Crippen molar-refractivity contribution in [2.45, 2.75) is 26.0 Å². The van der Waals surface area contributed by atoms with Gasteiger partial charge in [0.25, 0.3) is 5.91 Å². The Hall–Kier alpha value is -3.26. The van der Waals surface area contributed by atoms with Crippen molar-refractivity contribution in [2.24, 2.45) is 5.10 Å². The fraction of sp³-hybridized carbons (Fsp3) is 0.222. The van der Waals surface area contributed by atoms with E-state index in [0.717, 1.165) is 0 Å². The average molecular weight is 354 g/mol. The number of urea groups is 1. The number of amides is 3. The lowest BCUT2D eigenvalue weighted by Gasteiger charge is -2.21. The fourth-order valence-electron chi connectivity index (χ4n) is 2.73. The quantitative estimate of drug-likeness (QED) is 0.567. The summed E-state index contributed by atoms with van der Waals surface area (Å²) in [5, 5.41) is 26.8. The molecular weight excluding hydrogens is 336 g/mol. The minimum atomic E-state index is -1.23. The van der Waals surface area contributed by atoms with Crippen LogP contribution in [0.15, 0.2) is 41.6 Å². The zero-order valence-electron chi connectivity index (χ0n) is 14.3. The van der Waals surface area contributed by atoms with Crippen LogP contribution in [0.2, 0.25) is 0 Å². The number of carbonyl (C=O) groups is 2. The van der Waals surface area contributed by atoms with Gasteiger partial charge in [0, 0.05) is 17.3 Å². The van der Waals surface area contributed by atoms with Crippen LogP contribution in [-0.2, 0) is 16.9 Å². The molecule has 0 bridgehead atoms. The van der Waals surface area contributed by atoms with E-state index in [0.29, 0.717) is 21.8 Å². The standard InChI is InChI=1S/C18H18N4O4/c1-11-15(24)14(12(10-23)8-19-11)9-20-22-16(25)18(2,21-17(22)26)13-6-4-3-5-7-13/h3-9,23-24H,10H2,1-2H3,(H,21,26)/b20-9+/t18-/m0/s1. The third-order valence-electron chi connectivity index (χ3n) is 4.35. The summed E-state index contributed by atoms with van der Waals surface area (Å²) in [6.07, 6.45) is 2.57. The van der Waals surface area contributed by atoms with Gasteiger partial charge in [-0.25, -0.2) is 4.79 Å². The van der Waals surface area contributed by atoms with Gasteiger partial charge in [0.15, 0.2) is 0 Å². The number of pyridine rings is 1. The van der Waals surface area contributed by atoms with Gasteiger partial charge in [-0.05, 0) is 19.4 Å². The molecule has 1 aromatic carbocycles. The molecular formula is C18H18N4O4. The summed E-state index contributed by atoms with van der Waals surface area (Å²) in [4.78, 5) is 29.0. The first-order valence-corrected chi connectivity index (χ1v) is 7.93. The number of aryl methyl sites for hydroxylation is 1. The van der Waals surface area contributed by atoms with E-state index >= 15 is 0 Å². The lowest BCUT2D eigenvalue weighted by Crippen LogP contribution is -2.40. The number of hydrogen-bond donors (Lipinski definition) is 3. The molecule has 0 radical (unpaired) electrons. The number of hydrazone groups is 1. The van der Waals surface area contributed by atoms with E-state index in [1.165, 1.54) is 12.4 Å². The topological polar surface area (TPSA) is 115 Å². The highest BCUT2D eigenvalue weighted by Crippen LogP contribution is 2.29. The molecule has 1 fully saturated rings. The second-order valence-corrected chi connectivity index (χ2v) is 6.07. The highest BCUT2D eigenvalue weighted by Gasteiger charge is 2.49. The largest absolute Gasteiger partial charge is 0.505 e. The Morgan fingerprint density at radius 2 is 2.00 bits per heavy atom. The van der Waals surface area contributed by atoms with E-state index in [1.807, 2.05) is 6.07 Å². The molecule has 1 saturated heterocycles. The second-order valence-electron chi connectivity index (χ2n) is 6.07. The Morgan fingerprint density at radius 1 is 1.31 bits per heavy atom. The maximum absolute atomic E-state index is 12.8. The number of aromatic nitrogens is 1. The monoisotopic (exact) mass is 354 g/mol. The van der Waals surface area contributed by atoms with Crippen LogP contribution in [0.5, 0.6) is 5.75 Å². The number of hydrogen-bond acceptors (Lipinski definition) is 6. The maximum Gasteiger partial charge on any atom is 0.346 e. The summed E-state index contributed by atoms with van der Waals surface area (Å²) in [6, 6.07) is 8.18. The molecule has 0 unspecified atom stereocenters.